The van der Waals surface area contributed by atoms with E-state index in [1.807, 2.05) is 29.2 Å². The van der Waals surface area contributed by atoms with E-state index in [1.165, 1.54) is 44.9 Å². The molecule has 5 aliphatic rings. The Bertz CT molecular complexity index is 730. The normalized spacial score (nSPS) is 33.7. The number of likely N-dealkylation sites (tertiary alicyclic amines) is 1. The zero-order valence-electron chi connectivity index (χ0n) is 16.8. The lowest BCUT2D eigenvalue weighted by Crippen LogP contribution is -2.47. The minimum Gasteiger partial charge on any atom is -0.339 e. The van der Waals surface area contributed by atoms with Gasteiger partial charge in [0.25, 0.3) is 5.91 Å². The third-order valence-electron chi connectivity index (χ3n) is 7.78. The Hall–Kier alpha value is -1.84. The quantitative estimate of drug-likeness (QED) is 0.811. The van der Waals surface area contributed by atoms with E-state index >= 15 is 0 Å². The standard InChI is InChI=1S/C24H32N2O2/c27-22(16-24-13-17-10-18(14-24)12-19(11-17)15-24)25-21-7-3-2-6-20(21)23(28)26-8-4-1-5-9-26/h2-3,6-7,17-19H,1,4-5,8-16H2,(H,25,27). The number of rotatable bonds is 4. The van der Waals surface area contributed by atoms with Gasteiger partial charge in [0, 0.05) is 19.5 Å². The molecule has 1 heterocycles. The van der Waals surface area contributed by atoms with Gasteiger partial charge in [-0.15, -0.1) is 0 Å². The molecule has 0 spiro atoms. The molecule has 1 N–H and O–H groups in total. The lowest BCUT2D eigenvalue weighted by molar-refractivity contribution is -0.124. The SMILES string of the molecule is O=C(CC12CC3CC(CC(C3)C1)C2)Nc1ccccc1C(=O)N1CCCCC1. The number of piperidine rings is 1. The lowest BCUT2D eigenvalue weighted by Gasteiger charge is -2.56. The maximum absolute atomic E-state index is 13.0. The third-order valence-corrected chi connectivity index (χ3v) is 7.78. The third kappa shape index (κ3) is 3.46. The average Bonchev–Trinajstić information content (AvgIpc) is 2.67. The van der Waals surface area contributed by atoms with E-state index in [4.69, 9.17) is 0 Å². The molecule has 4 heteroatoms. The van der Waals surface area contributed by atoms with Crippen molar-refractivity contribution in [2.24, 2.45) is 23.2 Å². The van der Waals surface area contributed by atoms with Crippen LogP contribution >= 0.6 is 0 Å². The smallest absolute Gasteiger partial charge is 0.255 e. The second-order valence-corrected chi connectivity index (χ2v) is 10.0. The summed E-state index contributed by atoms with van der Waals surface area (Å²) in [5.74, 6) is 2.72. The van der Waals surface area contributed by atoms with E-state index in [2.05, 4.69) is 5.32 Å². The highest BCUT2D eigenvalue weighted by Crippen LogP contribution is 2.61. The van der Waals surface area contributed by atoms with E-state index in [9.17, 15) is 9.59 Å². The number of carbonyl (C=O) groups excluding carboxylic acids is 2. The molecule has 4 bridgehead atoms. The van der Waals surface area contributed by atoms with Gasteiger partial charge in [0.05, 0.1) is 11.3 Å². The Balaban J connectivity index is 1.29. The summed E-state index contributed by atoms with van der Waals surface area (Å²) in [4.78, 5) is 27.9. The van der Waals surface area contributed by atoms with Crippen LogP contribution in [0.1, 0.15) is 74.6 Å². The molecule has 6 rings (SSSR count). The molecule has 4 saturated carbocycles. The molecule has 0 atom stereocenters. The van der Waals surface area contributed by atoms with Crippen molar-refractivity contribution in [1.29, 1.82) is 0 Å². The van der Waals surface area contributed by atoms with E-state index in [-0.39, 0.29) is 17.2 Å². The van der Waals surface area contributed by atoms with Crippen molar-refractivity contribution in [2.45, 2.75) is 64.2 Å². The number of nitrogens with one attached hydrogen (secondary N) is 1. The van der Waals surface area contributed by atoms with Gasteiger partial charge in [-0.3, -0.25) is 9.59 Å². The van der Waals surface area contributed by atoms with Gasteiger partial charge in [-0.2, -0.15) is 0 Å². The first-order chi connectivity index (χ1) is 13.6. The summed E-state index contributed by atoms with van der Waals surface area (Å²) in [5, 5.41) is 3.12. The second kappa shape index (κ2) is 7.20. The van der Waals surface area contributed by atoms with Crippen molar-refractivity contribution in [3.05, 3.63) is 29.8 Å². The Kier molecular flexibility index (Phi) is 4.68. The Morgan fingerprint density at radius 3 is 2.18 bits per heavy atom. The fourth-order valence-corrected chi connectivity index (χ4v) is 7.09. The van der Waals surface area contributed by atoms with Crippen molar-refractivity contribution < 1.29 is 9.59 Å². The molecule has 1 aromatic carbocycles. The highest BCUT2D eigenvalue weighted by atomic mass is 16.2. The van der Waals surface area contributed by atoms with Crippen molar-refractivity contribution in [2.75, 3.05) is 18.4 Å². The number of carbonyl (C=O) groups is 2. The molecule has 28 heavy (non-hydrogen) atoms. The van der Waals surface area contributed by atoms with Crippen LogP contribution in [-0.4, -0.2) is 29.8 Å². The average molecular weight is 381 g/mol. The van der Waals surface area contributed by atoms with Gasteiger partial charge in [0.15, 0.2) is 0 Å². The van der Waals surface area contributed by atoms with Crippen LogP contribution in [0.5, 0.6) is 0 Å². The summed E-state index contributed by atoms with van der Waals surface area (Å²) >= 11 is 0. The van der Waals surface area contributed by atoms with Crippen LogP contribution in [0.15, 0.2) is 24.3 Å². The molecular formula is C24H32N2O2. The van der Waals surface area contributed by atoms with Crippen molar-refractivity contribution in [3.63, 3.8) is 0 Å². The molecule has 1 aliphatic heterocycles. The minimum absolute atomic E-state index is 0.0606. The van der Waals surface area contributed by atoms with Crippen LogP contribution in [0.25, 0.3) is 0 Å². The van der Waals surface area contributed by atoms with Crippen molar-refractivity contribution >= 4 is 17.5 Å². The summed E-state index contributed by atoms with van der Waals surface area (Å²) in [5.41, 5.74) is 1.56. The van der Waals surface area contributed by atoms with Gasteiger partial charge in [-0.05, 0) is 93.1 Å². The Morgan fingerprint density at radius 1 is 0.929 bits per heavy atom. The van der Waals surface area contributed by atoms with Gasteiger partial charge in [0.2, 0.25) is 5.91 Å². The Labute approximate surface area is 168 Å². The topological polar surface area (TPSA) is 49.4 Å². The van der Waals surface area contributed by atoms with Gasteiger partial charge >= 0.3 is 0 Å². The highest BCUT2D eigenvalue weighted by molar-refractivity contribution is 6.03. The van der Waals surface area contributed by atoms with Crippen LogP contribution < -0.4 is 5.32 Å². The maximum Gasteiger partial charge on any atom is 0.255 e. The first-order valence-electron chi connectivity index (χ1n) is 11.3. The largest absolute Gasteiger partial charge is 0.339 e. The molecule has 4 nitrogen and oxygen atoms in total. The minimum atomic E-state index is 0.0606. The fourth-order valence-electron chi connectivity index (χ4n) is 7.09. The lowest BCUT2D eigenvalue weighted by atomic mass is 9.49. The summed E-state index contributed by atoms with van der Waals surface area (Å²) in [7, 11) is 0. The maximum atomic E-state index is 13.0. The predicted octanol–water partition coefficient (Wildman–Crippen LogP) is 4.86. The van der Waals surface area contributed by atoms with Crippen LogP contribution in [-0.2, 0) is 4.79 Å². The predicted molar refractivity (Wildman–Crippen MR) is 110 cm³/mol. The number of anilines is 1. The Morgan fingerprint density at radius 2 is 1.54 bits per heavy atom. The van der Waals surface area contributed by atoms with E-state index in [0.717, 1.165) is 43.7 Å². The van der Waals surface area contributed by atoms with Gasteiger partial charge in [-0.25, -0.2) is 0 Å². The molecule has 1 saturated heterocycles. The van der Waals surface area contributed by atoms with E-state index < -0.39 is 0 Å². The van der Waals surface area contributed by atoms with Crippen molar-refractivity contribution in [1.82, 2.24) is 4.90 Å². The molecule has 4 aliphatic carbocycles. The van der Waals surface area contributed by atoms with Crippen LogP contribution in [0.2, 0.25) is 0 Å². The molecule has 150 valence electrons. The van der Waals surface area contributed by atoms with Crippen LogP contribution in [0.3, 0.4) is 0 Å². The number of nitrogens with zero attached hydrogens (tertiary/aromatic N) is 1. The first-order valence-corrected chi connectivity index (χ1v) is 11.3. The summed E-state index contributed by atoms with van der Waals surface area (Å²) in [6, 6.07) is 7.55. The number of hydrogen-bond acceptors (Lipinski definition) is 2. The van der Waals surface area contributed by atoms with Crippen LogP contribution in [0, 0.1) is 23.2 Å². The molecule has 5 fully saturated rings. The number of benzene rings is 1. The molecule has 0 radical (unpaired) electrons. The zero-order chi connectivity index (χ0) is 19.1. The fraction of sp³-hybridized carbons (Fsp3) is 0.667. The number of hydrogen-bond donors (Lipinski definition) is 1. The summed E-state index contributed by atoms with van der Waals surface area (Å²) in [6.45, 7) is 1.66. The first kappa shape index (κ1) is 18.2. The molecule has 0 aromatic heterocycles. The molecule has 0 unspecified atom stereocenters. The summed E-state index contributed by atoms with van der Waals surface area (Å²) in [6.07, 6.45) is 11.9. The molecule has 1 aromatic rings. The second-order valence-electron chi connectivity index (χ2n) is 10.0. The highest BCUT2D eigenvalue weighted by Gasteiger charge is 2.51. The van der Waals surface area contributed by atoms with Gasteiger partial charge in [-0.1, -0.05) is 12.1 Å². The molecule has 2 amide bonds. The van der Waals surface area contributed by atoms with E-state index in [1.54, 1.807) is 0 Å². The number of para-hydroxylation sites is 1. The van der Waals surface area contributed by atoms with Crippen molar-refractivity contribution in [3.8, 4) is 0 Å². The van der Waals surface area contributed by atoms with Crippen LogP contribution in [0.4, 0.5) is 5.69 Å². The van der Waals surface area contributed by atoms with E-state index in [0.29, 0.717) is 17.7 Å². The molecular weight excluding hydrogens is 348 g/mol. The summed E-state index contributed by atoms with van der Waals surface area (Å²) < 4.78 is 0. The van der Waals surface area contributed by atoms with Gasteiger partial charge < -0.3 is 10.2 Å². The monoisotopic (exact) mass is 380 g/mol. The van der Waals surface area contributed by atoms with Gasteiger partial charge in [0.1, 0.15) is 0 Å². The number of amides is 2. The zero-order valence-corrected chi connectivity index (χ0v) is 16.8.